The number of alkyl halides is 3. The molecule has 7 heteroatoms. The fourth-order valence-corrected chi connectivity index (χ4v) is 2.52. The fourth-order valence-electron chi connectivity index (χ4n) is 1.41. The van der Waals surface area contributed by atoms with Gasteiger partial charge in [0.15, 0.2) is 15.4 Å². The standard InChI is InChI=1S/C12H15F3O3S/c1-8(2)19(17,18)10-6-4-5-9(7-10)11(3,16)12(13,14)15/h4-8,16H,1-3H3. The number of hydrogen-bond donors (Lipinski definition) is 1. The van der Waals surface area contributed by atoms with Gasteiger partial charge < -0.3 is 5.11 Å². The first-order chi connectivity index (χ1) is 8.40. The van der Waals surface area contributed by atoms with E-state index in [0.29, 0.717) is 6.92 Å². The molecule has 0 radical (unpaired) electrons. The van der Waals surface area contributed by atoms with Gasteiger partial charge in [-0.1, -0.05) is 12.1 Å². The maximum Gasteiger partial charge on any atom is 0.421 e. The Hall–Kier alpha value is -1.08. The Balaban J connectivity index is 3.38. The van der Waals surface area contributed by atoms with Gasteiger partial charge in [0, 0.05) is 0 Å². The first kappa shape index (κ1) is 16.0. The quantitative estimate of drug-likeness (QED) is 0.933. The monoisotopic (exact) mass is 296 g/mol. The summed E-state index contributed by atoms with van der Waals surface area (Å²) in [4.78, 5) is -0.232. The number of rotatable bonds is 3. The van der Waals surface area contributed by atoms with Gasteiger partial charge in [0.25, 0.3) is 0 Å². The van der Waals surface area contributed by atoms with E-state index < -0.39 is 32.4 Å². The Morgan fingerprint density at radius 2 is 1.74 bits per heavy atom. The molecule has 0 saturated heterocycles. The van der Waals surface area contributed by atoms with Crippen LogP contribution in [0.3, 0.4) is 0 Å². The Morgan fingerprint density at radius 1 is 1.21 bits per heavy atom. The van der Waals surface area contributed by atoms with E-state index in [9.17, 15) is 26.7 Å². The predicted molar refractivity (Wildman–Crippen MR) is 64.4 cm³/mol. The molecule has 0 fully saturated rings. The summed E-state index contributed by atoms with van der Waals surface area (Å²) in [5.74, 6) is 0. The van der Waals surface area contributed by atoms with Crippen molar-refractivity contribution in [3.8, 4) is 0 Å². The van der Waals surface area contributed by atoms with Crippen LogP contribution in [-0.2, 0) is 15.4 Å². The van der Waals surface area contributed by atoms with Gasteiger partial charge in [-0.05, 0) is 38.5 Å². The van der Waals surface area contributed by atoms with Crippen LogP contribution in [0.25, 0.3) is 0 Å². The van der Waals surface area contributed by atoms with E-state index in [1.807, 2.05) is 0 Å². The van der Waals surface area contributed by atoms with Crippen molar-refractivity contribution >= 4 is 9.84 Å². The molecule has 0 spiro atoms. The number of aliphatic hydroxyl groups is 1. The zero-order valence-electron chi connectivity index (χ0n) is 10.7. The summed E-state index contributed by atoms with van der Waals surface area (Å²) in [5.41, 5.74) is -3.59. The first-order valence-corrected chi connectivity index (χ1v) is 7.09. The van der Waals surface area contributed by atoms with Crippen molar-refractivity contribution in [3.05, 3.63) is 29.8 Å². The highest BCUT2D eigenvalue weighted by molar-refractivity contribution is 7.92. The molecule has 1 rings (SSSR count). The van der Waals surface area contributed by atoms with E-state index in [2.05, 4.69) is 0 Å². The maximum absolute atomic E-state index is 12.7. The minimum Gasteiger partial charge on any atom is -0.376 e. The van der Waals surface area contributed by atoms with E-state index in [0.717, 1.165) is 12.1 Å². The van der Waals surface area contributed by atoms with Gasteiger partial charge in [0.1, 0.15) is 0 Å². The molecule has 108 valence electrons. The summed E-state index contributed by atoms with van der Waals surface area (Å²) in [6.07, 6.45) is -4.88. The second-order valence-corrected chi connectivity index (χ2v) is 7.20. The normalized spacial score (nSPS) is 16.4. The topological polar surface area (TPSA) is 54.4 Å². The van der Waals surface area contributed by atoms with Crippen molar-refractivity contribution in [2.75, 3.05) is 0 Å². The van der Waals surface area contributed by atoms with Crippen LogP contribution < -0.4 is 0 Å². The molecule has 0 bridgehead atoms. The van der Waals surface area contributed by atoms with E-state index in [1.165, 1.54) is 26.0 Å². The van der Waals surface area contributed by atoms with Crippen LogP contribution in [0.5, 0.6) is 0 Å². The zero-order valence-corrected chi connectivity index (χ0v) is 11.5. The number of halogens is 3. The van der Waals surface area contributed by atoms with Crippen molar-refractivity contribution in [1.82, 2.24) is 0 Å². The molecule has 1 unspecified atom stereocenters. The molecular formula is C12H15F3O3S. The fraction of sp³-hybridized carbons (Fsp3) is 0.500. The molecule has 0 heterocycles. The van der Waals surface area contributed by atoms with Crippen LogP contribution in [0.15, 0.2) is 29.2 Å². The average molecular weight is 296 g/mol. The molecule has 1 atom stereocenters. The minimum absolute atomic E-state index is 0.232. The molecule has 3 nitrogen and oxygen atoms in total. The molecular weight excluding hydrogens is 281 g/mol. The van der Waals surface area contributed by atoms with Crippen molar-refractivity contribution in [2.45, 2.75) is 42.7 Å². The summed E-state index contributed by atoms with van der Waals surface area (Å²) >= 11 is 0. The lowest BCUT2D eigenvalue weighted by atomic mass is 9.96. The molecule has 0 aliphatic carbocycles. The smallest absolute Gasteiger partial charge is 0.376 e. The van der Waals surface area contributed by atoms with Crippen LogP contribution >= 0.6 is 0 Å². The zero-order chi connectivity index (χ0) is 15.1. The van der Waals surface area contributed by atoms with E-state index >= 15 is 0 Å². The Labute approximate surface area is 110 Å². The van der Waals surface area contributed by atoms with Gasteiger partial charge in [-0.2, -0.15) is 13.2 Å². The highest BCUT2D eigenvalue weighted by atomic mass is 32.2. The number of hydrogen-bond acceptors (Lipinski definition) is 3. The van der Waals surface area contributed by atoms with Gasteiger partial charge in [0.2, 0.25) is 0 Å². The second kappa shape index (κ2) is 4.79. The lowest BCUT2D eigenvalue weighted by Gasteiger charge is -2.27. The largest absolute Gasteiger partial charge is 0.421 e. The average Bonchev–Trinajstić information content (AvgIpc) is 2.27. The second-order valence-electron chi connectivity index (χ2n) is 4.69. The van der Waals surface area contributed by atoms with Crippen LogP contribution in [0.4, 0.5) is 13.2 Å². The molecule has 19 heavy (non-hydrogen) atoms. The lowest BCUT2D eigenvalue weighted by molar-refractivity contribution is -0.258. The van der Waals surface area contributed by atoms with E-state index in [-0.39, 0.29) is 4.90 Å². The number of benzene rings is 1. The molecule has 0 aliphatic rings. The van der Waals surface area contributed by atoms with Gasteiger partial charge in [-0.25, -0.2) is 8.42 Å². The third-order valence-electron chi connectivity index (χ3n) is 2.90. The molecule has 0 amide bonds. The number of sulfone groups is 1. The van der Waals surface area contributed by atoms with Crippen LogP contribution in [0, 0.1) is 0 Å². The van der Waals surface area contributed by atoms with Crippen molar-refractivity contribution in [3.63, 3.8) is 0 Å². The third-order valence-corrected chi connectivity index (χ3v) is 5.05. The Bertz CT molecular complexity index is 560. The first-order valence-electron chi connectivity index (χ1n) is 5.54. The highest BCUT2D eigenvalue weighted by Gasteiger charge is 2.51. The maximum atomic E-state index is 12.7. The minimum atomic E-state index is -4.88. The van der Waals surface area contributed by atoms with Gasteiger partial charge in [-0.15, -0.1) is 0 Å². The summed E-state index contributed by atoms with van der Waals surface area (Å²) in [6, 6.07) is 4.31. The molecule has 1 aromatic rings. The van der Waals surface area contributed by atoms with Crippen LogP contribution in [0.1, 0.15) is 26.3 Å². The molecule has 0 aromatic heterocycles. The summed E-state index contributed by atoms with van der Waals surface area (Å²) < 4.78 is 61.9. The van der Waals surface area contributed by atoms with Crippen LogP contribution in [-0.4, -0.2) is 25.0 Å². The van der Waals surface area contributed by atoms with Crippen LogP contribution in [0.2, 0.25) is 0 Å². The molecule has 1 N–H and O–H groups in total. The van der Waals surface area contributed by atoms with E-state index in [4.69, 9.17) is 0 Å². The summed E-state index contributed by atoms with van der Waals surface area (Å²) in [5, 5.41) is 8.78. The Morgan fingerprint density at radius 3 is 2.16 bits per heavy atom. The van der Waals surface area contributed by atoms with Crippen molar-refractivity contribution in [2.24, 2.45) is 0 Å². The van der Waals surface area contributed by atoms with Gasteiger partial charge in [-0.3, -0.25) is 0 Å². The van der Waals surface area contributed by atoms with E-state index in [1.54, 1.807) is 0 Å². The third kappa shape index (κ3) is 2.92. The molecule has 0 saturated carbocycles. The van der Waals surface area contributed by atoms with Gasteiger partial charge >= 0.3 is 6.18 Å². The van der Waals surface area contributed by atoms with Crippen molar-refractivity contribution < 1.29 is 26.7 Å². The Kier molecular flexibility index (Phi) is 4.03. The molecule has 1 aromatic carbocycles. The lowest BCUT2D eigenvalue weighted by Crippen LogP contribution is -2.39. The highest BCUT2D eigenvalue weighted by Crippen LogP contribution is 2.39. The predicted octanol–water partition coefficient (Wildman–Crippen LogP) is 2.64. The SMILES string of the molecule is CC(C)S(=O)(=O)c1cccc(C(C)(O)C(F)(F)F)c1. The van der Waals surface area contributed by atoms with Gasteiger partial charge in [0.05, 0.1) is 10.1 Å². The van der Waals surface area contributed by atoms with Crippen molar-refractivity contribution in [1.29, 1.82) is 0 Å². The summed E-state index contributed by atoms with van der Waals surface area (Å²) in [6.45, 7) is 3.46. The summed E-state index contributed by atoms with van der Waals surface area (Å²) in [7, 11) is -3.68. The molecule has 0 aliphatic heterocycles.